The number of hydroxylamine groups is 2. The van der Waals surface area contributed by atoms with Gasteiger partial charge in [-0.05, 0) is 18.1 Å². The molecule has 0 amide bonds. The highest BCUT2D eigenvalue weighted by Crippen LogP contribution is 2.44. The number of hydrogen-bond acceptors (Lipinski definition) is 2. The summed E-state index contributed by atoms with van der Waals surface area (Å²) in [5.74, 6) is 0. The van der Waals surface area contributed by atoms with Crippen molar-refractivity contribution in [2.24, 2.45) is 0 Å². The second-order valence-electron chi connectivity index (χ2n) is 5.36. The van der Waals surface area contributed by atoms with Gasteiger partial charge in [-0.3, -0.25) is 4.84 Å². The van der Waals surface area contributed by atoms with Crippen molar-refractivity contribution in [1.29, 1.82) is 0 Å². The summed E-state index contributed by atoms with van der Waals surface area (Å²) in [5, 5.41) is 1.99. The molecule has 0 N–H and O–H groups in total. The zero-order valence-corrected chi connectivity index (χ0v) is 11.4. The smallest absolute Gasteiger partial charge is 0.114 e. The summed E-state index contributed by atoms with van der Waals surface area (Å²) in [7, 11) is 2.02. The number of nitrogens with zero attached hydrogens (tertiary/aromatic N) is 1. The van der Waals surface area contributed by atoms with E-state index in [2.05, 4.69) is 61.5 Å². The Labute approximate surface area is 114 Å². The summed E-state index contributed by atoms with van der Waals surface area (Å²) in [5.41, 5.74) is 2.31. The standard InChI is InChI=1S/C17H19NO/c1-17(15-11-7-4-8-12-15)13-16(18(2)19-17)14-9-5-3-6-10-14/h3-12,16H,13H2,1-2H3/t16-,17+/m1/s1. The number of rotatable bonds is 2. The zero-order valence-electron chi connectivity index (χ0n) is 11.4. The Bertz CT molecular complexity index is 540. The van der Waals surface area contributed by atoms with E-state index in [1.807, 2.05) is 18.2 Å². The van der Waals surface area contributed by atoms with Gasteiger partial charge in [-0.1, -0.05) is 60.7 Å². The first kappa shape index (κ1) is 12.4. The summed E-state index contributed by atoms with van der Waals surface area (Å²) < 4.78 is 0. The fourth-order valence-electron chi connectivity index (χ4n) is 2.88. The van der Waals surface area contributed by atoms with Crippen molar-refractivity contribution in [2.45, 2.75) is 25.0 Å². The van der Waals surface area contributed by atoms with Crippen LogP contribution in [0.1, 0.15) is 30.5 Å². The lowest BCUT2D eigenvalue weighted by atomic mass is 9.88. The monoisotopic (exact) mass is 253 g/mol. The van der Waals surface area contributed by atoms with E-state index in [1.165, 1.54) is 11.1 Å². The van der Waals surface area contributed by atoms with Gasteiger partial charge in [0.1, 0.15) is 5.60 Å². The molecule has 1 saturated heterocycles. The van der Waals surface area contributed by atoms with Gasteiger partial charge in [-0.2, -0.15) is 5.06 Å². The fraction of sp³-hybridized carbons (Fsp3) is 0.294. The average molecular weight is 253 g/mol. The van der Waals surface area contributed by atoms with E-state index in [-0.39, 0.29) is 5.60 Å². The quantitative estimate of drug-likeness (QED) is 0.804. The van der Waals surface area contributed by atoms with E-state index in [1.54, 1.807) is 0 Å². The molecular formula is C17H19NO. The molecular weight excluding hydrogens is 234 g/mol. The minimum absolute atomic E-state index is 0.240. The van der Waals surface area contributed by atoms with Gasteiger partial charge < -0.3 is 0 Å². The van der Waals surface area contributed by atoms with Gasteiger partial charge in [0.15, 0.2) is 0 Å². The maximum atomic E-state index is 6.14. The van der Waals surface area contributed by atoms with Crippen LogP contribution < -0.4 is 0 Å². The highest BCUT2D eigenvalue weighted by Gasteiger charge is 2.42. The summed E-state index contributed by atoms with van der Waals surface area (Å²) in [6.45, 7) is 2.17. The Morgan fingerprint density at radius 3 is 2.21 bits per heavy atom. The van der Waals surface area contributed by atoms with Gasteiger partial charge in [0.25, 0.3) is 0 Å². The van der Waals surface area contributed by atoms with Crippen LogP contribution in [0.2, 0.25) is 0 Å². The Morgan fingerprint density at radius 1 is 1.00 bits per heavy atom. The van der Waals surface area contributed by atoms with E-state index in [9.17, 15) is 0 Å². The average Bonchev–Trinajstić information content (AvgIpc) is 2.77. The fourth-order valence-corrected chi connectivity index (χ4v) is 2.88. The van der Waals surface area contributed by atoms with E-state index in [0.717, 1.165) is 6.42 Å². The van der Waals surface area contributed by atoms with Crippen LogP contribution in [0.4, 0.5) is 0 Å². The number of benzene rings is 2. The summed E-state index contributed by atoms with van der Waals surface area (Å²) in [6, 6.07) is 21.3. The zero-order chi connectivity index (χ0) is 13.3. The van der Waals surface area contributed by atoms with Crippen molar-refractivity contribution in [3.63, 3.8) is 0 Å². The maximum absolute atomic E-state index is 6.14. The van der Waals surface area contributed by atoms with Crippen molar-refractivity contribution in [3.8, 4) is 0 Å². The molecule has 0 unspecified atom stereocenters. The largest absolute Gasteiger partial charge is 0.288 e. The second-order valence-corrected chi connectivity index (χ2v) is 5.36. The summed E-state index contributed by atoms with van der Waals surface area (Å²) in [6.07, 6.45) is 0.970. The SMILES string of the molecule is CN1O[C@](C)(c2ccccc2)C[C@@H]1c1ccccc1. The summed E-state index contributed by atoms with van der Waals surface area (Å²) >= 11 is 0. The van der Waals surface area contributed by atoms with Crippen molar-refractivity contribution in [2.75, 3.05) is 7.05 Å². The minimum atomic E-state index is -0.240. The number of hydrogen-bond donors (Lipinski definition) is 0. The van der Waals surface area contributed by atoms with Gasteiger partial charge in [0.2, 0.25) is 0 Å². The third kappa shape index (κ3) is 2.29. The molecule has 0 radical (unpaired) electrons. The first-order valence-electron chi connectivity index (χ1n) is 6.71. The normalized spacial score (nSPS) is 27.6. The van der Waals surface area contributed by atoms with Gasteiger partial charge in [0.05, 0.1) is 6.04 Å². The second kappa shape index (κ2) is 4.80. The molecule has 0 aromatic heterocycles. The van der Waals surface area contributed by atoms with Crippen LogP contribution >= 0.6 is 0 Å². The lowest BCUT2D eigenvalue weighted by Crippen LogP contribution is -2.23. The molecule has 2 heteroatoms. The van der Waals surface area contributed by atoms with Crippen LogP contribution in [0.3, 0.4) is 0 Å². The van der Waals surface area contributed by atoms with Crippen molar-refractivity contribution in [1.82, 2.24) is 5.06 Å². The van der Waals surface area contributed by atoms with E-state index in [0.29, 0.717) is 6.04 Å². The van der Waals surface area contributed by atoms with Crippen LogP contribution in [-0.2, 0) is 10.4 Å². The topological polar surface area (TPSA) is 12.5 Å². The minimum Gasteiger partial charge on any atom is -0.288 e. The first-order valence-corrected chi connectivity index (χ1v) is 6.71. The van der Waals surface area contributed by atoms with Gasteiger partial charge >= 0.3 is 0 Å². The molecule has 1 aliphatic heterocycles. The molecule has 98 valence electrons. The molecule has 2 atom stereocenters. The molecule has 2 nitrogen and oxygen atoms in total. The molecule has 0 bridgehead atoms. The highest BCUT2D eigenvalue weighted by atomic mass is 16.7. The van der Waals surface area contributed by atoms with Crippen LogP contribution in [0, 0.1) is 0 Å². The molecule has 0 aliphatic carbocycles. The molecule has 19 heavy (non-hydrogen) atoms. The first-order chi connectivity index (χ1) is 9.19. The molecule has 0 saturated carbocycles. The Kier molecular flexibility index (Phi) is 3.13. The lowest BCUT2D eigenvalue weighted by Gasteiger charge is -2.23. The lowest BCUT2D eigenvalue weighted by molar-refractivity contribution is -0.188. The molecule has 0 spiro atoms. The van der Waals surface area contributed by atoms with Gasteiger partial charge in [-0.15, -0.1) is 0 Å². The van der Waals surface area contributed by atoms with Crippen LogP contribution in [-0.4, -0.2) is 12.1 Å². The van der Waals surface area contributed by atoms with Crippen molar-refractivity contribution in [3.05, 3.63) is 71.8 Å². The molecule has 2 aromatic rings. The molecule has 3 rings (SSSR count). The molecule has 2 aromatic carbocycles. The highest BCUT2D eigenvalue weighted by molar-refractivity contribution is 5.26. The van der Waals surface area contributed by atoms with Crippen molar-refractivity contribution >= 4 is 0 Å². The predicted molar refractivity (Wildman–Crippen MR) is 76.4 cm³/mol. The Balaban J connectivity index is 1.90. The van der Waals surface area contributed by atoms with E-state index < -0.39 is 0 Å². The van der Waals surface area contributed by atoms with Crippen LogP contribution in [0.5, 0.6) is 0 Å². The van der Waals surface area contributed by atoms with Gasteiger partial charge in [-0.25, -0.2) is 0 Å². The maximum Gasteiger partial charge on any atom is 0.114 e. The Morgan fingerprint density at radius 2 is 1.58 bits per heavy atom. The molecule has 1 fully saturated rings. The van der Waals surface area contributed by atoms with E-state index >= 15 is 0 Å². The van der Waals surface area contributed by atoms with Gasteiger partial charge in [0, 0.05) is 13.5 Å². The van der Waals surface area contributed by atoms with Crippen LogP contribution in [0.25, 0.3) is 0 Å². The third-order valence-electron chi connectivity index (χ3n) is 3.94. The Hall–Kier alpha value is -1.64. The third-order valence-corrected chi connectivity index (χ3v) is 3.94. The van der Waals surface area contributed by atoms with Crippen molar-refractivity contribution < 1.29 is 4.84 Å². The molecule has 1 aliphatic rings. The van der Waals surface area contributed by atoms with Crippen LogP contribution in [0.15, 0.2) is 60.7 Å². The van der Waals surface area contributed by atoms with E-state index in [4.69, 9.17) is 4.84 Å². The molecule has 1 heterocycles. The summed E-state index contributed by atoms with van der Waals surface area (Å²) in [4.78, 5) is 6.14. The predicted octanol–water partition coefficient (Wildman–Crippen LogP) is 3.91.